The Labute approximate surface area is 141 Å². The lowest BCUT2D eigenvalue weighted by molar-refractivity contribution is -0.137. The van der Waals surface area contributed by atoms with Crippen molar-refractivity contribution in [1.29, 1.82) is 0 Å². The summed E-state index contributed by atoms with van der Waals surface area (Å²) in [6, 6.07) is 4.28. The first-order valence-electron chi connectivity index (χ1n) is 7.36. The standard InChI is InChI=1S/C16H18F3N3OS/c1-10(2)8-20-14(23)21-15-22(9-11(3)24-15)13-6-4-12(5-7-13)16(17,18)19/h4-7,9-10H,8H2,1-3H3,(H,20,23)/b21-15-. The number of aromatic nitrogens is 1. The fraction of sp³-hybridized carbons (Fsp3) is 0.375. The van der Waals surface area contributed by atoms with Crippen LogP contribution in [-0.4, -0.2) is 17.1 Å². The first kappa shape index (κ1) is 18.3. The lowest BCUT2D eigenvalue weighted by Crippen LogP contribution is -2.27. The van der Waals surface area contributed by atoms with Gasteiger partial charge in [-0.05, 0) is 37.1 Å². The Balaban J connectivity index is 2.33. The Morgan fingerprint density at radius 1 is 1.29 bits per heavy atom. The monoisotopic (exact) mass is 357 g/mol. The van der Waals surface area contributed by atoms with Crippen LogP contribution < -0.4 is 10.1 Å². The van der Waals surface area contributed by atoms with Crippen molar-refractivity contribution in [2.45, 2.75) is 26.9 Å². The molecule has 4 nitrogen and oxygen atoms in total. The summed E-state index contributed by atoms with van der Waals surface area (Å²) in [4.78, 5) is 17.2. The number of aryl methyl sites for hydroxylation is 1. The van der Waals surface area contributed by atoms with Crippen LogP contribution in [0.2, 0.25) is 0 Å². The molecule has 0 unspecified atom stereocenters. The Morgan fingerprint density at radius 2 is 1.92 bits per heavy atom. The number of nitrogens with zero attached hydrogens (tertiary/aromatic N) is 2. The van der Waals surface area contributed by atoms with Crippen molar-refractivity contribution < 1.29 is 18.0 Å². The van der Waals surface area contributed by atoms with Crippen molar-refractivity contribution in [2.75, 3.05) is 6.54 Å². The molecule has 0 saturated carbocycles. The number of thiazole rings is 1. The zero-order valence-corrected chi connectivity index (χ0v) is 14.3. The van der Waals surface area contributed by atoms with Crippen molar-refractivity contribution in [2.24, 2.45) is 10.9 Å². The summed E-state index contributed by atoms with van der Waals surface area (Å²) < 4.78 is 39.6. The van der Waals surface area contributed by atoms with Gasteiger partial charge in [0.2, 0.25) is 0 Å². The first-order valence-corrected chi connectivity index (χ1v) is 8.17. The number of alkyl halides is 3. The van der Waals surface area contributed by atoms with Gasteiger partial charge in [0, 0.05) is 23.3 Å². The summed E-state index contributed by atoms with van der Waals surface area (Å²) in [5, 5.41) is 2.69. The molecule has 0 spiro atoms. The van der Waals surface area contributed by atoms with Crippen LogP contribution in [0.25, 0.3) is 5.69 Å². The molecule has 2 amide bonds. The van der Waals surface area contributed by atoms with Crippen LogP contribution in [0.5, 0.6) is 0 Å². The second-order valence-electron chi connectivity index (χ2n) is 5.73. The Kier molecular flexibility index (Phi) is 5.48. The predicted molar refractivity (Wildman–Crippen MR) is 87.2 cm³/mol. The molecule has 2 rings (SSSR count). The van der Waals surface area contributed by atoms with Crippen molar-refractivity contribution in [3.8, 4) is 5.69 Å². The summed E-state index contributed by atoms with van der Waals surface area (Å²) in [6.07, 6.45) is -2.64. The van der Waals surface area contributed by atoms with Crippen LogP contribution in [0.3, 0.4) is 0 Å². The van der Waals surface area contributed by atoms with E-state index in [1.807, 2.05) is 20.8 Å². The number of nitrogens with one attached hydrogen (secondary N) is 1. The van der Waals surface area contributed by atoms with E-state index in [9.17, 15) is 18.0 Å². The molecule has 0 aliphatic heterocycles. The molecular weight excluding hydrogens is 339 g/mol. The van der Waals surface area contributed by atoms with E-state index < -0.39 is 17.8 Å². The minimum Gasteiger partial charge on any atom is -0.336 e. The summed E-state index contributed by atoms with van der Waals surface area (Å²) in [5.41, 5.74) is -0.199. The van der Waals surface area contributed by atoms with Gasteiger partial charge in [0.15, 0.2) is 4.80 Å². The molecule has 130 valence electrons. The van der Waals surface area contributed by atoms with Crippen LogP contribution in [-0.2, 0) is 6.18 Å². The van der Waals surface area contributed by atoms with Crippen molar-refractivity contribution in [3.05, 3.63) is 45.7 Å². The van der Waals surface area contributed by atoms with E-state index in [1.165, 1.54) is 23.5 Å². The number of carbonyl (C=O) groups excluding carboxylic acids is 1. The third-order valence-electron chi connectivity index (χ3n) is 3.10. The quantitative estimate of drug-likeness (QED) is 0.882. The van der Waals surface area contributed by atoms with E-state index in [4.69, 9.17) is 0 Å². The molecule has 24 heavy (non-hydrogen) atoms. The highest BCUT2D eigenvalue weighted by Crippen LogP contribution is 2.29. The third kappa shape index (κ3) is 4.70. The van der Waals surface area contributed by atoms with E-state index in [1.54, 1.807) is 10.8 Å². The van der Waals surface area contributed by atoms with Gasteiger partial charge in [-0.2, -0.15) is 18.2 Å². The average Bonchev–Trinajstić information content (AvgIpc) is 2.85. The maximum Gasteiger partial charge on any atom is 0.416 e. The van der Waals surface area contributed by atoms with Crippen LogP contribution in [0.4, 0.5) is 18.0 Å². The molecule has 1 heterocycles. The number of benzene rings is 1. The fourth-order valence-electron chi connectivity index (χ4n) is 1.95. The molecule has 0 aliphatic carbocycles. The van der Waals surface area contributed by atoms with Crippen molar-refractivity contribution >= 4 is 17.4 Å². The molecule has 0 aliphatic rings. The number of hydrogen-bond acceptors (Lipinski definition) is 2. The van der Waals surface area contributed by atoms with Crippen LogP contribution >= 0.6 is 11.3 Å². The highest BCUT2D eigenvalue weighted by Gasteiger charge is 2.30. The number of hydrogen-bond donors (Lipinski definition) is 1. The van der Waals surface area contributed by atoms with Crippen molar-refractivity contribution in [1.82, 2.24) is 9.88 Å². The molecule has 0 atom stereocenters. The number of halogens is 3. The van der Waals surface area contributed by atoms with Gasteiger partial charge in [0.1, 0.15) is 0 Å². The Hall–Kier alpha value is -2.09. The van der Waals surface area contributed by atoms with Gasteiger partial charge in [-0.1, -0.05) is 13.8 Å². The molecule has 0 bridgehead atoms. The molecule has 1 aromatic carbocycles. The lowest BCUT2D eigenvalue weighted by atomic mass is 10.2. The number of urea groups is 1. The first-order chi connectivity index (χ1) is 11.2. The maximum absolute atomic E-state index is 12.7. The van der Waals surface area contributed by atoms with Gasteiger partial charge in [-0.25, -0.2) is 4.79 Å². The normalized spacial score (nSPS) is 12.7. The molecule has 0 radical (unpaired) electrons. The van der Waals surface area contributed by atoms with Gasteiger partial charge in [0.25, 0.3) is 0 Å². The number of amides is 2. The van der Waals surface area contributed by atoms with Gasteiger partial charge in [-0.3, -0.25) is 4.57 Å². The topological polar surface area (TPSA) is 46.4 Å². The maximum atomic E-state index is 12.7. The molecule has 0 saturated heterocycles. The zero-order valence-electron chi connectivity index (χ0n) is 13.5. The van der Waals surface area contributed by atoms with Gasteiger partial charge >= 0.3 is 12.2 Å². The fourth-order valence-corrected chi connectivity index (χ4v) is 2.78. The predicted octanol–water partition coefficient (Wildman–Crippen LogP) is 4.13. The molecule has 1 N–H and O–H groups in total. The van der Waals surface area contributed by atoms with Crippen LogP contribution in [0, 0.1) is 12.8 Å². The van der Waals surface area contributed by atoms with Crippen LogP contribution in [0.1, 0.15) is 24.3 Å². The van der Waals surface area contributed by atoms with Gasteiger partial charge < -0.3 is 5.32 Å². The second kappa shape index (κ2) is 7.21. The summed E-state index contributed by atoms with van der Waals surface area (Å²) in [6.45, 7) is 6.29. The summed E-state index contributed by atoms with van der Waals surface area (Å²) in [5.74, 6) is 0.302. The van der Waals surface area contributed by atoms with Gasteiger partial charge in [0.05, 0.1) is 5.56 Å². The van der Waals surface area contributed by atoms with Crippen LogP contribution in [0.15, 0.2) is 35.5 Å². The SMILES string of the molecule is Cc1cn(-c2ccc(C(F)(F)F)cc2)/c(=N/C(=O)NCC(C)C)s1. The minimum atomic E-state index is -4.38. The van der Waals surface area contributed by atoms with E-state index >= 15 is 0 Å². The second-order valence-corrected chi connectivity index (χ2v) is 6.94. The van der Waals surface area contributed by atoms with E-state index in [0.29, 0.717) is 23.0 Å². The molecule has 8 heteroatoms. The number of carbonyl (C=O) groups is 1. The molecule has 1 aromatic heterocycles. The highest BCUT2D eigenvalue weighted by atomic mass is 32.1. The Bertz CT molecular complexity index is 773. The summed E-state index contributed by atoms with van der Waals surface area (Å²) >= 11 is 1.29. The summed E-state index contributed by atoms with van der Waals surface area (Å²) in [7, 11) is 0. The van der Waals surface area contributed by atoms with E-state index in [0.717, 1.165) is 17.0 Å². The highest BCUT2D eigenvalue weighted by molar-refractivity contribution is 7.09. The molecule has 0 fully saturated rings. The van der Waals surface area contributed by atoms with E-state index in [2.05, 4.69) is 10.3 Å². The van der Waals surface area contributed by atoms with Crippen molar-refractivity contribution in [3.63, 3.8) is 0 Å². The Morgan fingerprint density at radius 3 is 2.46 bits per heavy atom. The average molecular weight is 357 g/mol. The minimum absolute atomic E-state index is 0.302. The number of rotatable bonds is 3. The van der Waals surface area contributed by atoms with Gasteiger partial charge in [-0.15, -0.1) is 11.3 Å². The largest absolute Gasteiger partial charge is 0.416 e. The van der Waals surface area contributed by atoms with E-state index in [-0.39, 0.29) is 0 Å². The molecular formula is C16H18F3N3OS. The third-order valence-corrected chi connectivity index (χ3v) is 4.00. The lowest BCUT2D eigenvalue weighted by Gasteiger charge is -2.08. The smallest absolute Gasteiger partial charge is 0.336 e. The molecule has 2 aromatic rings. The zero-order chi connectivity index (χ0) is 17.9.